The molecule has 13 heteroatoms. The van der Waals surface area contributed by atoms with Crippen LogP contribution in [0.3, 0.4) is 0 Å². The minimum absolute atomic E-state index is 0. The predicted octanol–water partition coefficient (Wildman–Crippen LogP) is 3.85. The van der Waals surface area contributed by atoms with Crippen LogP contribution >= 0.6 is 23.2 Å². The molecule has 4 aromatic carbocycles. The molecule has 39 heavy (non-hydrogen) atoms. The molecule has 0 aliphatic rings. The number of ether oxygens (including phenoxy) is 1. The fraction of sp³-hybridized carbons (Fsp3) is 0.115. The van der Waals surface area contributed by atoms with Gasteiger partial charge in [-0.3, -0.25) is 9.35 Å². The number of carbonyl (C=O) groups excluding carboxylic acids is 1. The van der Waals surface area contributed by atoms with E-state index in [0.717, 1.165) is 6.07 Å². The summed E-state index contributed by atoms with van der Waals surface area (Å²) in [6.45, 7) is 3.76. The first-order chi connectivity index (χ1) is 18.0. The quantitative estimate of drug-likeness (QED) is 0.189. The third-order valence-corrected chi connectivity index (χ3v) is 6.94. The number of rotatable bonds is 7. The Bertz CT molecular complexity index is 1690. The molecule has 0 unspecified atom stereocenters. The van der Waals surface area contributed by atoms with E-state index in [1.54, 1.807) is 42.5 Å². The molecule has 2 N–H and O–H groups in total. The van der Waals surface area contributed by atoms with Gasteiger partial charge in [0.15, 0.2) is 0 Å². The Morgan fingerprint density at radius 2 is 1.72 bits per heavy atom. The molecule has 0 saturated carbocycles. The summed E-state index contributed by atoms with van der Waals surface area (Å²) in [5, 5.41) is 25.4. The Morgan fingerprint density at radius 3 is 2.38 bits per heavy atom. The Hall–Kier alpha value is -2.70. The SMILES string of the molecule is CCOc1ccc(Cl)c(NC(=O)c2cc3ccccc3c(N=Nc3c(C)cc(S(=O)(=O)O)cc3Cl)c2[O-])c1.[Na+]. The number of hydrogen-bond donors (Lipinski definition) is 2. The van der Waals surface area contributed by atoms with Gasteiger partial charge in [0.1, 0.15) is 11.4 Å². The molecular weight excluding hydrogens is 576 g/mol. The minimum atomic E-state index is -4.49. The van der Waals surface area contributed by atoms with Crippen molar-refractivity contribution in [3.8, 4) is 11.5 Å². The number of aryl methyl sites for hydroxylation is 1. The van der Waals surface area contributed by atoms with E-state index < -0.39 is 26.7 Å². The molecule has 1 amide bonds. The van der Waals surface area contributed by atoms with Gasteiger partial charge in [0.25, 0.3) is 16.0 Å². The maximum atomic E-state index is 13.4. The molecular formula is C26H20Cl2N3NaO6S. The van der Waals surface area contributed by atoms with Gasteiger partial charge in [-0.1, -0.05) is 53.2 Å². The molecule has 0 spiro atoms. The van der Waals surface area contributed by atoms with Gasteiger partial charge in [-0.2, -0.15) is 13.5 Å². The standard InChI is InChI=1S/C26H21Cl2N3O6S.Na/c1-3-37-16-8-9-20(27)22(12-16)29-26(33)19-11-15-6-4-5-7-18(15)24(25(19)32)31-30-23-14(2)10-17(13-21(23)28)38(34,35)36;/h4-13,32H,3H2,1-2H3,(H,29,33)(H,34,35,36);/q;+1/p-1. The number of nitrogens with zero attached hydrogens (tertiary/aromatic N) is 2. The number of carbonyl (C=O) groups is 1. The molecule has 0 fully saturated rings. The number of anilines is 1. The number of amides is 1. The Kier molecular flexibility index (Phi) is 10.0. The maximum Gasteiger partial charge on any atom is 1.00 e. The summed E-state index contributed by atoms with van der Waals surface area (Å²) in [5.41, 5.74) is 0.344. The molecule has 0 bridgehead atoms. The van der Waals surface area contributed by atoms with Crippen LogP contribution in [-0.4, -0.2) is 25.5 Å². The number of fused-ring (bicyclic) bond motifs is 1. The van der Waals surface area contributed by atoms with Crippen molar-refractivity contribution in [3.63, 3.8) is 0 Å². The summed E-state index contributed by atoms with van der Waals surface area (Å²) in [7, 11) is -4.49. The van der Waals surface area contributed by atoms with Crippen LogP contribution in [0.4, 0.5) is 17.1 Å². The van der Waals surface area contributed by atoms with E-state index in [0.29, 0.717) is 28.7 Å². The molecule has 0 aliphatic carbocycles. The van der Waals surface area contributed by atoms with Crippen LogP contribution in [0.25, 0.3) is 10.8 Å². The molecule has 0 atom stereocenters. The fourth-order valence-corrected chi connectivity index (χ4v) is 4.83. The largest absolute Gasteiger partial charge is 1.00 e. The first kappa shape index (κ1) is 30.8. The summed E-state index contributed by atoms with van der Waals surface area (Å²) in [6.07, 6.45) is 0. The third kappa shape index (κ3) is 6.90. The van der Waals surface area contributed by atoms with Crippen molar-refractivity contribution in [1.29, 1.82) is 0 Å². The van der Waals surface area contributed by atoms with Gasteiger partial charge in [-0.25, -0.2) is 0 Å². The van der Waals surface area contributed by atoms with Crippen molar-refractivity contribution in [3.05, 3.63) is 81.8 Å². The normalized spacial score (nSPS) is 11.4. The van der Waals surface area contributed by atoms with Crippen LogP contribution in [0.2, 0.25) is 10.0 Å². The smallest absolute Gasteiger partial charge is 0.870 e. The van der Waals surface area contributed by atoms with Crippen LogP contribution in [-0.2, 0) is 10.1 Å². The summed E-state index contributed by atoms with van der Waals surface area (Å²) in [4.78, 5) is 12.8. The van der Waals surface area contributed by atoms with E-state index in [4.69, 9.17) is 27.9 Å². The molecule has 0 aromatic heterocycles. The Labute approximate surface area is 256 Å². The van der Waals surface area contributed by atoms with Crippen molar-refractivity contribution in [1.82, 2.24) is 0 Å². The van der Waals surface area contributed by atoms with E-state index in [1.807, 2.05) is 6.92 Å². The van der Waals surface area contributed by atoms with Gasteiger partial charge >= 0.3 is 29.6 Å². The average Bonchev–Trinajstić information content (AvgIpc) is 2.85. The van der Waals surface area contributed by atoms with Crippen LogP contribution in [0, 0.1) is 6.92 Å². The van der Waals surface area contributed by atoms with Crippen LogP contribution in [0.5, 0.6) is 11.5 Å². The molecule has 9 nitrogen and oxygen atoms in total. The van der Waals surface area contributed by atoms with E-state index >= 15 is 0 Å². The Balaban J connectivity index is 0.00000420. The number of halogens is 2. The second-order valence-corrected chi connectivity index (χ2v) is 10.3. The van der Waals surface area contributed by atoms with E-state index in [9.17, 15) is 22.9 Å². The fourth-order valence-electron chi connectivity index (χ4n) is 3.70. The van der Waals surface area contributed by atoms with Gasteiger partial charge in [-0.05, 0) is 55.1 Å². The maximum absolute atomic E-state index is 13.4. The predicted molar refractivity (Wildman–Crippen MR) is 144 cm³/mol. The van der Waals surface area contributed by atoms with Crippen molar-refractivity contribution < 1.29 is 57.2 Å². The molecule has 0 heterocycles. The molecule has 196 valence electrons. The van der Waals surface area contributed by atoms with Crippen molar-refractivity contribution in [2.24, 2.45) is 10.2 Å². The third-order valence-electron chi connectivity index (χ3n) is 5.49. The number of nitrogens with one attached hydrogen (secondary N) is 1. The molecule has 0 radical (unpaired) electrons. The summed E-state index contributed by atoms with van der Waals surface area (Å²) < 4.78 is 37.7. The summed E-state index contributed by atoms with van der Waals surface area (Å²) in [6, 6.07) is 15.3. The van der Waals surface area contributed by atoms with E-state index in [-0.39, 0.29) is 62.2 Å². The summed E-state index contributed by atoms with van der Waals surface area (Å²) >= 11 is 12.4. The van der Waals surface area contributed by atoms with Crippen molar-refractivity contribution >= 4 is 67.1 Å². The van der Waals surface area contributed by atoms with Gasteiger partial charge in [0, 0.05) is 17.0 Å². The molecule has 0 saturated heterocycles. The number of benzene rings is 4. The zero-order chi connectivity index (χ0) is 27.6. The topological polar surface area (TPSA) is 140 Å². The van der Waals surface area contributed by atoms with Crippen LogP contribution in [0.15, 0.2) is 75.8 Å². The molecule has 0 aliphatic heterocycles. The molecule has 4 aromatic rings. The number of azo groups is 1. The van der Waals surface area contributed by atoms with Gasteiger partial charge in [0.05, 0.1) is 32.9 Å². The second kappa shape index (κ2) is 12.6. The summed E-state index contributed by atoms with van der Waals surface area (Å²) in [5.74, 6) is -0.903. The van der Waals surface area contributed by atoms with Crippen molar-refractivity contribution in [2.45, 2.75) is 18.7 Å². The minimum Gasteiger partial charge on any atom is -0.870 e. The number of hydrogen-bond acceptors (Lipinski definition) is 7. The van der Waals surface area contributed by atoms with Crippen LogP contribution < -0.4 is 44.7 Å². The zero-order valence-electron chi connectivity index (χ0n) is 21.0. The second-order valence-electron chi connectivity index (χ2n) is 8.10. The van der Waals surface area contributed by atoms with Gasteiger partial charge in [-0.15, -0.1) is 5.11 Å². The van der Waals surface area contributed by atoms with E-state index in [2.05, 4.69) is 15.5 Å². The van der Waals surface area contributed by atoms with Crippen molar-refractivity contribution in [2.75, 3.05) is 11.9 Å². The Morgan fingerprint density at radius 1 is 1.03 bits per heavy atom. The zero-order valence-corrected chi connectivity index (χ0v) is 25.4. The monoisotopic (exact) mass is 595 g/mol. The molecule has 4 rings (SSSR count). The first-order valence-corrected chi connectivity index (χ1v) is 13.3. The average molecular weight is 596 g/mol. The van der Waals surface area contributed by atoms with Gasteiger partial charge in [0.2, 0.25) is 0 Å². The van der Waals surface area contributed by atoms with Crippen LogP contribution in [0.1, 0.15) is 22.8 Å². The van der Waals surface area contributed by atoms with E-state index in [1.165, 1.54) is 19.1 Å². The van der Waals surface area contributed by atoms with Gasteiger partial charge < -0.3 is 15.2 Å². The first-order valence-electron chi connectivity index (χ1n) is 11.2.